The number of hydrogen-bond donors (Lipinski definition) is 3. The van der Waals surface area contributed by atoms with Gasteiger partial charge in [-0.1, -0.05) is 18.5 Å². The summed E-state index contributed by atoms with van der Waals surface area (Å²) >= 11 is 6.37. The Labute approximate surface area is 201 Å². The average molecular weight is 476 g/mol. The third-order valence-corrected chi connectivity index (χ3v) is 7.12. The minimum atomic E-state index is -0.407. The van der Waals surface area contributed by atoms with E-state index in [4.69, 9.17) is 16.3 Å². The Balaban J connectivity index is 1.40. The van der Waals surface area contributed by atoms with Crippen LogP contribution >= 0.6 is 11.6 Å². The maximum atomic E-state index is 14.8. The van der Waals surface area contributed by atoms with E-state index in [1.165, 1.54) is 19.0 Å². The molecular formula is C25H35ClFN5O. The Hall–Kier alpha value is -1.96. The van der Waals surface area contributed by atoms with E-state index in [0.29, 0.717) is 47.1 Å². The van der Waals surface area contributed by atoms with Crippen molar-refractivity contribution >= 4 is 23.1 Å². The molecule has 1 atom stereocenters. The molecule has 8 heteroatoms. The maximum absolute atomic E-state index is 14.8. The van der Waals surface area contributed by atoms with Crippen molar-refractivity contribution in [2.45, 2.75) is 70.5 Å². The Morgan fingerprint density at radius 3 is 2.55 bits per heavy atom. The summed E-state index contributed by atoms with van der Waals surface area (Å²) < 4.78 is 20.0. The van der Waals surface area contributed by atoms with Gasteiger partial charge in [0.2, 0.25) is 0 Å². The van der Waals surface area contributed by atoms with Gasteiger partial charge in [-0.05, 0) is 63.0 Å². The van der Waals surface area contributed by atoms with Gasteiger partial charge in [0.05, 0.1) is 24.7 Å². The van der Waals surface area contributed by atoms with Gasteiger partial charge in [-0.3, -0.25) is 0 Å². The number of nitrogens with one attached hydrogen (secondary N) is 3. The van der Waals surface area contributed by atoms with Crippen LogP contribution in [-0.2, 0) is 4.74 Å². The summed E-state index contributed by atoms with van der Waals surface area (Å²) in [7, 11) is 1.73. The molecule has 0 radical (unpaired) electrons. The lowest BCUT2D eigenvalue weighted by molar-refractivity contribution is 0.161. The number of halogens is 2. The van der Waals surface area contributed by atoms with E-state index in [1.807, 2.05) is 6.07 Å². The van der Waals surface area contributed by atoms with Gasteiger partial charge in [0.15, 0.2) is 0 Å². The number of pyridine rings is 2. The van der Waals surface area contributed by atoms with Crippen LogP contribution in [-0.4, -0.2) is 48.4 Å². The third kappa shape index (κ3) is 6.55. The van der Waals surface area contributed by atoms with Crippen molar-refractivity contribution in [3.05, 3.63) is 35.5 Å². The molecule has 0 spiro atoms. The maximum Gasteiger partial charge on any atom is 0.149 e. The van der Waals surface area contributed by atoms with E-state index in [2.05, 4.69) is 39.8 Å². The monoisotopic (exact) mass is 475 g/mol. The Morgan fingerprint density at radius 1 is 1.12 bits per heavy atom. The first kappa shape index (κ1) is 24.2. The smallest absolute Gasteiger partial charge is 0.149 e. The summed E-state index contributed by atoms with van der Waals surface area (Å²) in [6, 6.07) is 4.79. The summed E-state index contributed by atoms with van der Waals surface area (Å²) in [5.41, 5.74) is 2.19. The lowest BCUT2D eigenvalue weighted by Gasteiger charge is -2.31. The molecule has 2 aliphatic rings. The second-order valence-corrected chi connectivity index (χ2v) is 10.3. The van der Waals surface area contributed by atoms with Gasteiger partial charge in [0, 0.05) is 42.9 Å². The molecule has 2 aromatic heterocycles. The van der Waals surface area contributed by atoms with E-state index < -0.39 is 5.82 Å². The molecule has 0 saturated heterocycles. The molecule has 2 aromatic rings. The summed E-state index contributed by atoms with van der Waals surface area (Å²) in [5.74, 6) is 0.256. The van der Waals surface area contributed by atoms with E-state index in [0.717, 1.165) is 37.9 Å². The van der Waals surface area contributed by atoms with Crippen LogP contribution in [0.5, 0.6) is 0 Å². The van der Waals surface area contributed by atoms with Crippen molar-refractivity contribution in [3.63, 3.8) is 0 Å². The Kier molecular flexibility index (Phi) is 7.72. The fraction of sp³-hybridized carbons (Fsp3) is 0.600. The molecule has 0 aromatic carbocycles. The van der Waals surface area contributed by atoms with Crippen molar-refractivity contribution < 1.29 is 9.13 Å². The van der Waals surface area contributed by atoms with E-state index >= 15 is 0 Å². The van der Waals surface area contributed by atoms with Crippen molar-refractivity contribution in [1.29, 1.82) is 0 Å². The minimum Gasteiger partial charge on any atom is -0.383 e. The molecule has 4 rings (SSSR count). The van der Waals surface area contributed by atoms with E-state index in [1.54, 1.807) is 19.4 Å². The van der Waals surface area contributed by atoms with Crippen LogP contribution in [0.3, 0.4) is 0 Å². The van der Waals surface area contributed by atoms with Crippen LogP contribution in [0.2, 0.25) is 5.15 Å². The molecule has 3 N–H and O–H groups in total. The van der Waals surface area contributed by atoms with Crippen LogP contribution in [0.1, 0.15) is 52.4 Å². The molecule has 0 bridgehead atoms. The van der Waals surface area contributed by atoms with Gasteiger partial charge in [0.1, 0.15) is 16.8 Å². The number of hydrogen-bond acceptors (Lipinski definition) is 6. The Bertz CT molecular complexity index is 946. The highest BCUT2D eigenvalue weighted by atomic mass is 35.5. The molecule has 2 heterocycles. The first-order valence-corrected chi connectivity index (χ1v) is 12.3. The van der Waals surface area contributed by atoms with Gasteiger partial charge in [-0.2, -0.15) is 0 Å². The topological polar surface area (TPSA) is 71.1 Å². The molecule has 2 fully saturated rings. The summed E-state index contributed by atoms with van der Waals surface area (Å²) in [5, 5.41) is 10.8. The molecular weight excluding hydrogens is 441 g/mol. The number of methoxy groups -OCH3 is 1. The predicted molar refractivity (Wildman–Crippen MR) is 132 cm³/mol. The number of ether oxygens (including phenoxy) is 1. The highest BCUT2D eigenvalue weighted by Gasteiger charge is 2.36. The van der Waals surface area contributed by atoms with Gasteiger partial charge in [0.25, 0.3) is 0 Å². The fourth-order valence-corrected chi connectivity index (χ4v) is 4.68. The van der Waals surface area contributed by atoms with Crippen LogP contribution < -0.4 is 16.0 Å². The highest BCUT2D eigenvalue weighted by Crippen LogP contribution is 2.45. The molecule has 6 nitrogen and oxygen atoms in total. The number of nitrogens with zero attached hydrogens (tertiary/aromatic N) is 2. The molecule has 2 saturated carbocycles. The second-order valence-electron chi connectivity index (χ2n) is 9.99. The third-order valence-electron chi connectivity index (χ3n) is 6.82. The van der Waals surface area contributed by atoms with Crippen molar-refractivity contribution in [1.82, 2.24) is 15.3 Å². The van der Waals surface area contributed by atoms with Crippen LogP contribution in [0.15, 0.2) is 24.5 Å². The number of aromatic nitrogens is 2. The van der Waals surface area contributed by atoms with Crippen molar-refractivity contribution in [2.24, 2.45) is 5.41 Å². The molecule has 33 heavy (non-hydrogen) atoms. The number of rotatable bonds is 10. The van der Waals surface area contributed by atoms with Crippen molar-refractivity contribution in [3.8, 4) is 11.1 Å². The van der Waals surface area contributed by atoms with Crippen molar-refractivity contribution in [2.75, 3.05) is 30.9 Å². The average Bonchev–Trinajstić information content (AvgIpc) is 3.53. The molecule has 180 valence electrons. The van der Waals surface area contributed by atoms with E-state index in [-0.39, 0.29) is 5.15 Å². The largest absolute Gasteiger partial charge is 0.383 e. The van der Waals surface area contributed by atoms with Crippen LogP contribution in [0, 0.1) is 11.2 Å². The normalized spacial score (nSPS) is 22.6. The highest BCUT2D eigenvalue weighted by molar-refractivity contribution is 6.32. The lowest BCUT2D eigenvalue weighted by Crippen LogP contribution is -2.42. The van der Waals surface area contributed by atoms with Gasteiger partial charge >= 0.3 is 0 Å². The molecule has 2 aliphatic carbocycles. The predicted octanol–water partition coefficient (Wildman–Crippen LogP) is 5.50. The zero-order valence-corrected chi connectivity index (χ0v) is 20.5. The quantitative estimate of drug-likeness (QED) is 0.394. The second kappa shape index (κ2) is 10.5. The van der Waals surface area contributed by atoms with E-state index in [9.17, 15) is 4.39 Å². The summed E-state index contributed by atoms with van der Waals surface area (Å²) in [6.45, 7) is 6.00. The first-order valence-electron chi connectivity index (χ1n) is 11.9. The zero-order chi connectivity index (χ0) is 23.4. The number of anilines is 2. The van der Waals surface area contributed by atoms with Crippen LogP contribution in [0.25, 0.3) is 11.1 Å². The van der Waals surface area contributed by atoms with Gasteiger partial charge in [-0.25, -0.2) is 14.4 Å². The Morgan fingerprint density at radius 2 is 1.85 bits per heavy atom. The standard InChI is InChI=1S/C25H35ClFN5O/c1-16(14-33-3)31-17-4-6-18(7-5-17)32-23-11-20(22(27)13-28-23)21-10-19(12-29-24(21)26)30-15-25(2)8-9-25/h10-13,16-18,30-31H,4-9,14-15H2,1-3H3,(H,28,32)/t16-,17-,18-/m0/s1. The van der Waals surface area contributed by atoms with Gasteiger partial charge in [-0.15, -0.1) is 0 Å². The zero-order valence-electron chi connectivity index (χ0n) is 19.8. The van der Waals surface area contributed by atoms with Crippen LogP contribution in [0.4, 0.5) is 15.9 Å². The molecule has 0 aliphatic heterocycles. The van der Waals surface area contributed by atoms with Gasteiger partial charge < -0.3 is 20.7 Å². The minimum absolute atomic E-state index is 0.283. The molecule has 0 unspecified atom stereocenters. The summed E-state index contributed by atoms with van der Waals surface area (Å²) in [6.07, 6.45) is 9.66. The first-order chi connectivity index (χ1) is 15.8. The molecule has 0 amide bonds. The summed E-state index contributed by atoms with van der Waals surface area (Å²) in [4.78, 5) is 8.57. The lowest BCUT2D eigenvalue weighted by atomic mass is 9.90. The SMILES string of the molecule is COC[C@H](C)N[C@H]1CC[C@H](Nc2cc(-c3cc(NCC4(C)CC4)cnc3Cl)c(F)cn2)CC1. The fourth-order valence-electron chi connectivity index (χ4n) is 4.48.